The first-order chi connectivity index (χ1) is 13.8. The molecule has 10 heteroatoms. The molecule has 166 valence electrons. The van der Waals surface area contributed by atoms with E-state index < -0.39 is 10.0 Å². The second kappa shape index (κ2) is 11.3. The number of aliphatic imine (C=N–C) groups is 1. The van der Waals surface area contributed by atoms with Crippen LogP contribution in [0.2, 0.25) is 0 Å². The predicted molar refractivity (Wildman–Crippen MR) is 132 cm³/mol. The predicted octanol–water partition coefficient (Wildman–Crippen LogP) is 3.51. The zero-order valence-electron chi connectivity index (χ0n) is 17.2. The van der Waals surface area contributed by atoms with Crippen LogP contribution in [0.1, 0.15) is 41.7 Å². The van der Waals surface area contributed by atoms with Gasteiger partial charge in [-0.25, -0.2) is 13.6 Å². The number of sulfonamides is 1. The molecular weight excluding hydrogens is 535 g/mol. The van der Waals surface area contributed by atoms with E-state index in [4.69, 9.17) is 9.88 Å². The molecule has 7 nitrogen and oxygen atoms in total. The molecule has 0 atom stereocenters. The molecule has 1 aromatic carbocycles. The SMILES string of the molecule is CN=C(NCc1ccc(S(N)(=O)=O)s1)NCc1ccc(C)cc1OC1CCCC1.I. The fourth-order valence-electron chi connectivity index (χ4n) is 3.28. The van der Waals surface area contributed by atoms with Gasteiger partial charge in [-0.05, 0) is 56.4 Å². The summed E-state index contributed by atoms with van der Waals surface area (Å²) < 4.78 is 29.2. The van der Waals surface area contributed by atoms with Crippen LogP contribution < -0.4 is 20.5 Å². The minimum atomic E-state index is -3.66. The Balaban J connectivity index is 0.00000320. The molecule has 0 aliphatic heterocycles. The summed E-state index contributed by atoms with van der Waals surface area (Å²) >= 11 is 1.15. The molecule has 1 heterocycles. The van der Waals surface area contributed by atoms with E-state index in [9.17, 15) is 8.42 Å². The van der Waals surface area contributed by atoms with Gasteiger partial charge in [-0.1, -0.05) is 12.1 Å². The molecule has 0 amide bonds. The van der Waals surface area contributed by atoms with Crippen molar-refractivity contribution in [3.05, 3.63) is 46.3 Å². The third kappa shape index (κ3) is 7.10. The summed E-state index contributed by atoms with van der Waals surface area (Å²) in [5.41, 5.74) is 2.26. The second-order valence-corrected chi connectivity index (χ2v) is 10.1. The summed E-state index contributed by atoms with van der Waals surface area (Å²) in [5, 5.41) is 11.7. The number of aryl methyl sites for hydroxylation is 1. The van der Waals surface area contributed by atoms with Crippen LogP contribution in [0.3, 0.4) is 0 Å². The number of primary sulfonamides is 1. The zero-order valence-corrected chi connectivity index (χ0v) is 21.1. The minimum Gasteiger partial charge on any atom is -0.490 e. The van der Waals surface area contributed by atoms with Gasteiger partial charge in [-0.15, -0.1) is 35.3 Å². The number of guanidine groups is 1. The van der Waals surface area contributed by atoms with Crippen LogP contribution >= 0.6 is 35.3 Å². The fraction of sp³-hybridized carbons (Fsp3) is 0.450. The smallest absolute Gasteiger partial charge is 0.247 e. The number of halogens is 1. The Hall–Kier alpha value is -1.37. The van der Waals surface area contributed by atoms with E-state index in [1.54, 1.807) is 13.1 Å². The van der Waals surface area contributed by atoms with Gasteiger partial charge in [-0.2, -0.15) is 0 Å². The number of nitrogens with one attached hydrogen (secondary N) is 2. The molecule has 1 saturated carbocycles. The first-order valence-electron chi connectivity index (χ1n) is 9.67. The van der Waals surface area contributed by atoms with Crippen LogP contribution in [0.15, 0.2) is 39.5 Å². The Bertz CT molecular complexity index is 970. The number of hydrogen-bond donors (Lipinski definition) is 3. The van der Waals surface area contributed by atoms with Gasteiger partial charge >= 0.3 is 0 Å². The molecule has 0 bridgehead atoms. The number of benzene rings is 1. The summed E-state index contributed by atoms with van der Waals surface area (Å²) in [6, 6.07) is 9.52. The molecule has 1 fully saturated rings. The number of ether oxygens (including phenoxy) is 1. The molecule has 0 unspecified atom stereocenters. The lowest BCUT2D eigenvalue weighted by Crippen LogP contribution is -2.36. The van der Waals surface area contributed by atoms with E-state index in [0.717, 1.165) is 40.4 Å². The van der Waals surface area contributed by atoms with Crippen molar-refractivity contribution < 1.29 is 13.2 Å². The van der Waals surface area contributed by atoms with E-state index >= 15 is 0 Å². The van der Waals surface area contributed by atoms with Crippen molar-refractivity contribution >= 4 is 51.3 Å². The summed E-state index contributed by atoms with van der Waals surface area (Å²) in [5.74, 6) is 1.55. The van der Waals surface area contributed by atoms with Crippen LogP contribution in [0.4, 0.5) is 0 Å². The summed E-state index contributed by atoms with van der Waals surface area (Å²) in [6.07, 6.45) is 5.00. The highest BCUT2D eigenvalue weighted by molar-refractivity contribution is 14.0. The standard InChI is InChI=1S/C20H28N4O3S2.HI/c1-14-7-8-15(18(11-14)27-16-5-3-4-6-16)12-23-20(22-2)24-13-17-9-10-19(28-17)29(21,25)26;/h7-11,16H,3-6,12-13H2,1-2H3,(H2,21,25,26)(H2,22,23,24);1H. The van der Waals surface area contributed by atoms with Gasteiger partial charge in [0.2, 0.25) is 10.0 Å². The van der Waals surface area contributed by atoms with Crippen LogP contribution in [-0.4, -0.2) is 27.5 Å². The van der Waals surface area contributed by atoms with Crippen molar-refractivity contribution in [3.8, 4) is 5.75 Å². The monoisotopic (exact) mass is 564 g/mol. The van der Waals surface area contributed by atoms with Gasteiger partial charge in [0.15, 0.2) is 5.96 Å². The molecule has 1 aliphatic rings. The Labute approximate surface area is 199 Å². The minimum absolute atomic E-state index is 0. The van der Waals surface area contributed by atoms with E-state index in [-0.39, 0.29) is 28.2 Å². The molecule has 2 aromatic rings. The molecule has 0 saturated heterocycles. The Morgan fingerprint density at radius 1 is 1.20 bits per heavy atom. The first kappa shape index (κ1) is 24.9. The topological polar surface area (TPSA) is 106 Å². The highest BCUT2D eigenvalue weighted by Gasteiger charge is 2.18. The Morgan fingerprint density at radius 2 is 1.90 bits per heavy atom. The molecule has 1 aromatic heterocycles. The molecule has 0 radical (unpaired) electrons. The first-order valence-corrected chi connectivity index (χ1v) is 12.0. The molecular formula is C20H29IN4O3S2. The van der Waals surface area contributed by atoms with Crippen LogP contribution in [-0.2, 0) is 23.1 Å². The lowest BCUT2D eigenvalue weighted by molar-refractivity contribution is 0.207. The maximum Gasteiger partial charge on any atom is 0.247 e. The highest BCUT2D eigenvalue weighted by Crippen LogP contribution is 2.27. The molecule has 4 N–H and O–H groups in total. The van der Waals surface area contributed by atoms with Crippen molar-refractivity contribution in [1.82, 2.24) is 10.6 Å². The summed E-state index contributed by atoms with van der Waals surface area (Å²) in [6.45, 7) is 3.10. The normalized spacial score (nSPS) is 15.0. The summed E-state index contributed by atoms with van der Waals surface area (Å²) in [7, 11) is -1.96. The van der Waals surface area contributed by atoms with Gasteiger partial charge in [0.05, 0.1) is 12.6 Å². The van der Waals surface area contributed by atoms with E-state index in [0.29, 0.717) is 25.2 Å². The van der Waals surface area contributed by atoms with E-state index in [1.165, 1.54) is 24.5 Å². The average molecular weight is 565 g/mol. The second-order valence-electron chi connectivity index (χ2n) is 7.18. The lowest BCUT2D eigenvalue weighted by Gasteiger charge is -2.18. The number of rotatable bonds is 7. The maximum absolute atomic E-state index is 11.4. The lowest BCUT2D eigenvalue weighted by atomic mass is 10.1. The maximum atomic E-state index is 11.4. The zero-order chi connectivity index (χ0) is 20.9. The van der Waals surface area contributed by atoms with Crippen LogP contribution in [0.25, 0.3) is 0 Å². The van der Waals surface area contributed by atoms with Gasteiger partial charge in [-0.3, -0.25) is 4.99 Å². The average Bonchev–Trinajstić information content (AvgIpc) is 3.35. The number of thiophene rings is 1. The van der Waals surface area contributed by atoms with Crippen molar-refractivity contribution in [2.75, 3.05) is 7.05 Å². The summed E-state index contributed by atoms with van der Waals surface area (Å²) in [4.78, 5) is 5.10. The molecule has 30 heavy (non-hydrogen) atoms. The van der Waals surface area contributed by atoms with Crippen molar-refractivity contribution in [1.29, 1.82) is 0 Å². The number of nitrogens with two attached hydrogens (primary N) is 1. The van der Waals surface area contributed by atoms with Crippen molar-refractivity contribution in [2.24, 2.45) is 10.1 Å². The van der Waals surface area contributed by atoms with E-state index in [2.05, 4.69) is 40.7 Å². The van der Waals surface area contributed by atoms with Gasteiger partial charge in [0.1, 0.15) is 9.96 Å². The molecule has 1 aliphatic carbocycles. The van der Waals surface area contributed by atoms with Crippen molar-refractivity contribution in [3.63, 3.8) is 0 Å². The van der Waals surface area contributed by atoms with Gasteiger partial charge in [0.25, 0.3) is 0 Å². The quantitative estimate of drug-likeness (QED) is 0.271. The van der Waals surface area contributed by atoms with Gasteiger partial charge in [0, 0.05) is 24.0 Å². The largest absolute Gasteiger partial charge is 0.490 e. The highest BCUT2D eigenvalue weighted by atomic mass is 127. The van der Waals surface area contributed by atoms with Crippen LogP contribution in [0, 0.1) is 6.92 Å². The fourth-order valence-corrected chi connectivity index (χ4v) is 5.00. The third-order valence-corrected chi connectivity index (χ3v) is 7.36. The Kier molecular flexibility index (Phi) is 9.38. The van der Waals surface area contributed by atoms with Crippen molar-refractivity contribution in [2.45, 2.75) is 56.0 Å². The van der Waals surface area contributed by atoms with E-state index in [1.807, 2.05) is 0 Å². The van der Waals surface area contributed by atoms with Crippen LogP contribution in [0.5, 0.6) is 5.75 Å². The Morgan fingerprint density at radius 3 is 2.53 bits per heavy atom. The number of nitrogens with zero attached hydrogens (tertiary/aromatic N) is 1. The molecule has 3 rings (SSSR count). The van der Waals surface area contributed by atoms with Gasteiger partial charge < -0.3 is 15.4 Å². The third-order valence-electron chi connectivity index (χ3n) is 4.84. The molecule has 0 spiro atoms. The number of hydrogen-bond acceptors (Lipinski definition) is 5.